The first-order valence-electron chi connectivity index (χ1n) is 15.1. The molecule has 0 bridgehead atoms. The minimum atomic E-state index is -2.32. The third-order valence-electron chi connectivity index (χ3n) is 8.78. The number of para-hydroxylation sites is 1. The molecule has 35 heavy (non-hydrogen) atoms. The molecule has 3 aromatic carbocycles. The van der Waals surface area contributed by atoms with Gasteiger partial charge in [-0.15, -0.1) is 0 Å². The molecule has 2 aliphatic rings. The molecular formula is C33H33NO. The van der Waals surface area contributed by atoms with E-state index in [-0.39, 0.29) is 5.56 Å². The first kappa shape index (κ1) is 17.3. The van der Waals surface area contributed by atoms with Crippen LogP contribution in [0.1, 0.15) is 80.3 Å². The molecule has 5 aromatic rings. The molecule has 0 amide bonds. The van der Waals surface area contributed by atoms with E-state index < -0.39 is 12.7 Å². The third-order valence-corrected chi connectivity index (χ3v) is 8.78. The summed E-state index contributed by atoms with van der Waals surface area (Å²) in [6.07, 6.45) is 11.3. The van der Waals surface area contributed by atoms with Crippen LogP contribution in [0.4, 0.5) is 0 Å². The summed E-state index contributed by atoms with van der Waals surface area (Å²) in [6.45, 7) is -2.32. The van der Waals surface area contributed by atoms with Crippen LogP contribution in [0.15, 0.2) is 71.3 Å². The number of aryl methyl sites for hydroxylation is 1. The van der Waals surface area contributed by atoms with Gasteiger partial charge < -0.3 is 4.42 Å². The van der Waals surface area contributed by atoms with Gasteiger partial charge in [0.05, 0.1) is 5.69 Å². The van der Waals surface area contributed by atoms with E-state index in [1.807, 2.05) is 30.3 Å². The van der Waals surface area contributed by atoms with Crippen LogP contribution in [0.25, 0.3) is 44.0 Å². The summed E-state index contributed by atoms with van der Waals surface area (Å²) in [5.41, 5.74) is 4.25. The fourth-order valence-corrected chi connectivity index (χ4v) is 6.78. The van der Waals surface area contributed by atoms with E-state index in [0.29, 0.717) is 29.5 Å². The Balaban J connectivity index is 1.36. The first-order valence-corrected chi connectivity index (χ1v) is 13.1. The summed E-state index contributed by atoms with van der Waals surface area (Å²) in [4.78, 5) is 4.66. The SMILES string of the molecule is [2H]C([2H])([2H])c1cnc(-c2cccc3c2oc2c4ccccc4ccc32)cc1C1([2H])CCC2(CCCCC2)CC1. The van der Waals surface area contributed by atoms with Crippen molar-refractivity contribution in [2.24, 2.45) is 5.41 Å². The number of hydrogen-bond donors (Lipinski definition) is 0. The van der Waals surface area contributed by atoms with Crippen molar-refractivity contribution in [1.29, 1.82) is 0 Å². The average Bonchev–Trinajstić information content (AvgIpc) is 3.34. The highest BCUT2D eigenvalue weighted by Crippen LogP contribution is 2.51. The molecular weight excluding hydrogens is 426 g/mol. The highest BCUT2D eigenvalue weighted by Gasteiger charge is 2.36. The largest absolute Gasteiger partial charge is 0.455 e. The molecule has 0 N–H and O–H groups in total. The van der Waals surface area contributed by atoms with E-state index in [4.69, 9.17) is 8.53 Å². The lowest BCUT2D eigenvalue weighted by Gasteiger charge is -2.43. The molecule has 2 fully saturated rings. The van der Waals surface area contributed by atoms with Crippen LogP contribution in [-0.2, 0) is 0 Å². The number of rotatable bonds is 2. The minimum absolute atomic E-state index is 0.212. The number of furan rings is 1. The summed E-state index contributed by atoms with van der Waals surface area (Å²) in [5.74, 6) is -0.928. The predicted octanol–water partition coefficient (Wildman–Crippen LogP) is 9.72. The van der Waals surface area contributed by atoms with E-state index in [1.54, 1.807) is 0 Å². The number of benzene rings is 3. The zero-order valence-corrected chi connectivity index (χ0v) is 20.1. The topological polar surface area (TPSA) is 26.0 Å². The Morgan fingerprint density at radius 2 is 1.66 bits per heavy atom. The maximum atomic E-state index is 9.58. The molecule has 0 aliphatic heterocycles. The average molecular weight is 464 g/mol. The van der Waals surface area contributed by atoms with Gasteiger partial charge >= 0.3 is 0 Å². The van der Waals surface area contributed by atoms with Crippen molar-refractivity contribution >= 4 is 32.7 Å². The minimum Gasteiger partial charge on any atom is -0.455 e. The van der Waals surface area contributed by atoms with E-state index in [1.165, 1.54) is 38.3 Å². The molecule has 2 aliphatic carbocycles. The maximum absolute atomic E-state index is 9.58. The van der Waals surface area contributed by atoms with Crippen molar-refractivity contribution in [2.45, 2.75) is 70.5 Å². The molecule has 0 saturated heterocycles. The third kappa shape index (κ3) is 3.49. The number of aromatic nitrogens is 1. The van der Waals surface area contributed by atoms with E-state index in [0.717, 1.165) is 51.1 Å². The van der Waals surface area contributed by atoms with Gasteiger partial charge in [-0.05, 0) is 91.4 Å². The zero-order chi connectivity index (χ0) is 26.8. The highest BCUT2D eigenvalue weighted by atomic mass is 16.3. The van der Waals surface area contributed by atoms with E-state index in [9.17, 15) is 1.37 Å². The Morgan fingerprint density at radius 1 is 0.857 bits per heavy atom. The number of pyridine rings is 1. The summed E-state index contributed by atoms with van der Waals surface area (Å²) in [5, 5.41) is 4.24. The van der Waals surface area contributed by atoms with Crippen molar-refractivity contribution in [3.05, 3.63) is 78.0 Å². The first-order chi connectivity index (χ1) is 18.8. The number of fused-ring (bicyclic) bond motifs is 5. The van der Waals surface area contributed by atoms with Crippen molar-refractivity contribution in [1.82, 2.24) is 4.98 Å². The summed E-state index contributed by atoms with van der Waals surface area (Å²) < 4.78 is 40.9. The summed E-state index contributed by atoms with van der Waals surface area (Å²) in [6, 6.07) is 20.4. The Hall–Kier alpha value is -3.13. The second-order valence-electron chi connectivity index (χ2n) is 10.7. The molecule has 7 rings (SSSR count). The lowest BCUT2D eigenvalue weighted by atomic mass is 9.62. The van der Waals surface area contributed by atoms with Crippen LogP contribution in [0, 0.1) is 12.3 Å². The fourth-order valence-electron chi connectivity index (χ4n) is 6.78. The second-order valence-corrected chi connectivity index (χ2v) is 10.7. The monoisotopic (exact) mass is 463 g/mol. The van der Waals surface area contributed by atoms with Crippen molar-refractivity contribution in [3.8, 4) is 11.3 Å². The number of hydrogen-bond acceptors (Lipinski definition) is 2. The van der Waals surface area contributed by atoms with Crippen LogP contribution >= 0.6 is 0 Å². The predicted molar refractivity (Wildman–Crippen MR) is 146 cm³/mol. The van der Waals surface area contributed by atoms with Crippen LogP contribution in [-0.4, -0.2) is 4.98 Å². The normalized spacial score (nSPS) is 21.6. The Bertz CT molecular complexity index is 1700. The molecule has 1 spiro atoms. The molecule has 2 heterocycles. The quantitative estimate of drug-likeness (QED) is 0.260. The van der Waals surface area contributed by atoms with Gasteiger partial charge in [0, 0.05) is 33.4 Å². The van der Waals surface area contributed by atoms with Crippen LogP contribution in [0.3, 0.4) is 0 Å². The van der Waals surface area contributed by atoms with Crippen LogP contribution in [0.2, 0.25) is 0 Å². The number of nitrogens with zero attached hydrogens (tertiary/aromatic N) is 1. The van der Waals surface area contributed by atoms with Crippen molar-refractivity contribution < 1.29 is 9.90 Å². The van der Waals surface area contributed by atoms with E-state index >= 15 is 0 Å². The Kier molecular flexibility index (Phi) is 4.07. The highest BCUT2D eigenvalue weighted by molar-refractivity contribution is 6.17. The van der Waals surface area contributed by atoms with Gasteiger partial charge in [-0.3, -0.25) is 4.98 Å². The lowest BCUT2D eigenvalue weighted by molar-refractivity contribution is 0.114. The van der Waals surface area contributed by atoms with E-state index in [2.05, 4.69) is 35.3 Å². The fraction of sp³-hybridized carbons (Fsp3) is 0.364. The Morgan fingerprint density at radius 3 is 2.51 bits per heavy atom. The van der Waals surface area contributed by atoms with Gasteiger partial charge in [-0.2, -0.15) is 0 Å². The van der Waals surface area contributed by atoms with Gasteiger partial charge in [0.15, 0.2) is 0 Å². The Labute approximate surface area is 213 Å². The molecule has 2 saturated carbocycles. The van der Waals surface area contributed by atoms with Gasteiger partial charge in [0.2, 0.25) is 0 Å². The molecule has 2 aromatic heterocycles. The van der Waals surface area contributed by atoms with Gasteiger partial charge in [0.1, 0.15) is 11.2 Å². The molecule has 0 unspecified atom stereocenters. The van der Waals surface area contributed by atoms with Gasteiger partial charge in [-0.25, -0.2) is 0 Å². The molecule has 176 valence electrons. The van der Waals surface area contributed by atoms with Gasteiger partial charge in [-0.1, -0.05) is 61.7 Å². The smallest absolute Gasteiger partial charge is 0.144 e. The van der Waals surface area contributed by atoms with Crippen LogP contribution in [0.5, 0.6) is 0 Å². The molecule has 0 radical (unpaired) electrons. The molecule has 0 atom stereocenters. The summed E-state index contributed by atoms with van der Waals surface area (Å²) >= 11 is 0. The maximum Gasteiger partial charge on any atom is 0.144 e. The summed E-state index contributed by atoms with van der Waals surface area (Å²) in [7, 11) is 0. The zero-order valence-electron chi connectivity index (χ0n) is 24.1. The lowest BCUT2D eigenvalue weighted by Crippen LogP contribution is -2.29. The molecule has 2 nitrogen and oxygen atoms in total. The van der Waals surface area contributed by atoms with Gasteiger partial charge in [0.25, 0.3) is 0 Å². The van der Waals surface area contributed by atoms with Crippen molar-refractivity contribution in [2.75, 3.05) is 0 Å². The molecule has 2 heteroatoms. The second kappa shape index (κ2) is 8.22. The van der Waals surface area contributed by atoms with Crippen molar-refractivity contribution in [3.63, 3.8) is 0 Å². The standard InChI is InChI=1S/C33H33NO/c1-22-21-34-30(20-29(22)24-14-18-33(19-15-24)16-5-2-6-17-33)28-11-7-10-26-27-13-12-23-8-3-4-9-25(23)31(27)35-32(26)28/h3-4,7-13,20-21,24H,2,5-6,14-19H2,1H3/i1D3,24D. The van der Waals surface area contributed by atoms with Crippen LogP contribution < -0.4 is 0 Å².